The number of nitrogens with zero attached hydrogens (tertiary/aromatic N) is 1. The lowest BCUT2D eigenvalue weighted by Gasteiger charge is -2.31. The van der Waals surface area contributed by atoms with Crippen molar-refractivity contribution in [1.29, 1.82) is 0 Å². The second-order valence-corrected chi connectivity index (χ2v) is 7.93. The molecule has 1 fully saturated rings. The highest BCUT2D eigenvalue weighted by molar-refractivity contribution is 7.12. The summed E-state index contributed by atoms with van der Waals surface area (Å²) >= 11 is 1.42. The van der Waals surface area contributed by atoms with Crippen molar-refractivity contribution in [3.63, 3.8) is 0 Å². The molecule has 1 N–H and O–H groups in total. The molecule has 1 aromatic heterocycles. The monoisotopic (exact) mass is 400 g/mol. The molecular formula is C21H24N2O4S. The lowest BCUT2D eigenvalue weighted by Crippen LogP contribution is -2.41. The number of likely N-dealkylation sites (tertiary alicyclic amines) is 1. The highest BCUT2D eigenvalue weighted by Gasteiger charge is 2.31. The molecular weight excluding hydrogens is 376 g/mol. The highest BCUT2D eigenvalue weighted by atomic mass is 32.1. The van der Waals surface area contributed by atoms with Crippen molar-refractivity contribution in [3.8, 4) is 0 Å². The van der Waals surface area contributed by atoms with Crippen molar-refractivity contribution in [2.45, 2.75) is 32.8 Å². The molecule has 148 valence electrons. The van der Waals surface area contributed by atoms with E-state index in [2.05, 4.69) is 5.32 Å². The van der Waals surface area contributed by atoms with Gasteiger partial charge in [0.15, 0.2) is 6.10 Å². The van der Waals surface area contributed by atoms with Gasteiger partial charge in [0, 0.05) is 18.8 Å². The maximum absolute atomic E-state index is 12.4. The Bertz CT molecular complexity index is 825. The summed E-state index contributed by atoms with van der Waals surface area (Å²) in [6.07, 6.45) is 0.212. The van der Waals surface area contributed by atoms with Gasteiger partial charge in [-0.3, -0.25) is 14.4 Å². The van der Waals surface area contributed by atoms with Crippen LogP contribution in [-0.2, 0) is 14.3 Å². The lowest BCUT2D eigenvalue weighted by molar-refractivity contribution is -0.158. The number of amides is 2. The predicted octanol–water partition coefficient (Wildman–Crippen LogP) is 3.48. The van der Waals surface area contributed by atoms with Crippen LogP contribution in [0, 0.1) is 12.8 Å². The SMILES string of the molecule is Cc1ccc(NC(=O)[C@@H](C)OC(=O)C2CCN(C(=O)c3cccs3)CC2)cc1. The largest absolute Gasteiger partial charge is 0.452 e. The molecule has 1 atom stereocenters. The van der Waals surface area contributed by atoms with Gasteiger partial charge in [-0.15, -0.1) is 11.3 Å². The zero-order chi connectivity index (χ0) is 20.1. The van der Waals surface area contributed by atoms with Crippen LogP contribution < -0.4 is 5.32 Å². The Hall–Kier alpha value is -2.67. The van der Waals surface area contributed by atoms with Crippen LogP contribution in [-0.4, -0.2) is 41.9 Å². The summed E-state index contributed by atoms with van der Waals surface area (Å²) in [5, 5.41) is 4.62. The van der Waals surface area contributed by atoms with E-state index in [-0.39, 0.29) is 23.7 Å². The van der Waals surface area contributed by atoms with Gasteiger partial charge in [0.1, 0.15) is 0 Å². The summed E-state index contributed by atoms with van der Waals surface area (Å²) < 4.78 is 5.36. The zero-order valence-electron chi connectivity index (χ0n) is 16.0. The first kappa shape index (κ1) is 20.1. The fraction of sp³-hybridized carbons (Fsp3) is 0.381. The molecule has 6 nitrogen and oxygen atoms in total. The standard InChI is InChI=1S/C21H24N2O4S/c1-14-5-7-17(8-6-14)22-19(24)15(2)27-21(26)16-9-11-23(12-10-16)20(25)18-4-3-13-28-18/h3-8,13,15-16H,9-12H2,1-2H3,(H,22,24)/t15-/m1/s1. The first-order valence-corrected chi connectivity index (χ1v) is 10.2. The molecule has 2 heterocycles. The molecule has 1 aliphatic rings. The maximum atomic E-state index is 12.4. The third-order valence-electron chi connectivity index (χ3n) is 4.83. The minimum Gasteiger partial charge on any atom is -0.452 e. The number of nitrogens with one attached hydrogen (secondary N) is 1. The number of carbonyl (C=O) groups excluding carboxylic acids is 3. The first-order chi connectivity index (χ1) is 13.4. The Morgan fingerprint density at radius 3 is 2.43 bits per heavy atom. The van der Waals surface area contributed by atoms with Crippen LogP contribution in [0.25, 0.3) is 0 Å². The number of aryl methyl sites for hydroxylation is 1. The molecule has 7 heteroatoms. The van der Waals surface area contributed by atoms with E-state index in [1.165, 1.54) is 11.3 Å². The van der Waals surface area contributed by atoms with Gasteiger partial charge in [-0.05, 0) is 50.3 Å². The van der Waals surface area contributed by atoms with E-state index in [9.17, 15) is 14.4 Å². The molecule has 0 spiro atoms. The number of anilines is 1. The summed E-state index contributed by atoms with van der Waals surface area (Å²) in [4.78, 5) is 39.5. The quantitative estimate of drug-likeness (QED) is 0.780. The van der Waals surface area contributed by atoms with Crippen molar-refractivity contribution in [2.75, 3.05) is 18.4 Å². The number of benzene rings is 1. The molecule has 0 unspecified atom stereocenters. The van der Waals surface area contributed by atoms with E-state index in [1.807, 2.05) is 48.7 Å². The number of rotatable bonds is 5. The van der Waals surface area contributed by atoms with Crippen molar-refractivity contribution in [3.05, 3.63) is 52.2 Å². The molecule has 2 amide bonds. The Morgan fingerprint density at radius 2 is 1.82 bits per heavy atom. The van der Waals surface area contributed by atoms with E-state index in [0.29, 0.717) is 36.5 Å². The smallest absolute Gasteiger partial charge is 0.309 e. The number of hydrogen-bond donors (Lipinski definition) is 1. The fourth-order valence-corrected chi connectivity index (χ4v) is 3.77. The number of ether oxygens (including phenoxy) is 1. The summed E-state index contributed by atoms with van der Waals surface area (Å²) in [6, 6.07) is 11.1. The number of thiophene rings is 1. The molecule has 1 aromatic carbocycles. The van der Waals surface area contributed by atoms with Gasteiger partial charge in [0.05, 0.1) is 10.8 Å². The van der Waals surface area contributed by atoms with Crippen molar-refractivity contribution in [2.24, 2.45) is 5.92 Å². The van der Waals surface area contributed by atoms with E-state index < -0.39 is 6.10 Å². The third-order valence-corrected chi connectivity index (χ3v) is 5.69. The van der Waals surface area contributed by atoms with Crippen LogP contribution in [0.2, 0.25) is 0 Å². The number of esters is 1. The van der Waals surface area contributed by atoms with E-state index in [4.69, 9.17) is 4.74 Å². The van der Waals surface area contributed by atoms with Gasteiger partial charge >= 0.3 is 5.97 Å². The van der Waals surface area contributed by atoms with Crippen molar-refractivity contribution < 1.29 is 19.1 Å². The fourth-order valence-electron chi connectivity index (χ4n) is 3.08. The van der Waals surface area contributed by atoms with Gasteiger partial charge in [0.25, 0.3) is 11.8 Å². The minimum absolute atomic E-state index is 0.00709. The number of carbonyl (C=O) groups is 3. The van der Waals surface area contributed by atoms with Gasteiger partial charge in [-0.1, -0.05) is 23.8 Å². The predicted molar refractivity (Wildman–Crippen MR) is 108 cm³/mol. The van der Waals surface area contributed by atoms with Gasteiger partial charge in [0.2, 0.25) is 0 Å². The molecule has 0 aliphatic carbocycles. The van der Waals surface area contributed by atoms with Gasteiger partial charge in [-0.2, -0.15) is 0 Å². The second-order valence-electron chi connectivity index (χ2n) is 6.98. The Balaban J connectivity index is 1.46. The summed E-state index contributed by atoms with van der Waals surface area (Å²) in [7, 11) is 0. The van der Waals surface area contributed by atoms with E-state index in [0.717, 1.165) is 5.56 Å². The molecule has 0 saturated carbocycles. The van der Waals surface area contributed by atoms with Crippen LogP contribution in [0.1, 0.15) is 35.0 Å². The second kappa shape index (κ2) is 9.01. The Labute approximate surface area is 168 Å². The topological polar surface area (TPSA) is 75.7 Å². The average molecular weight is 401 g/mol. The average Bonchev–Trinajstić information content (AvgIpc) is 3.24. The van der Waals surface area contributed by atoms with Crippen LogP contribution >= 0.6 is 11.3 Å². The summed E-state index contributed by atoms with van der Waals surface area (Å²) in [5.74, 6) is -1.02. The van der Waals surface area contributed by atoms with Crippen LogP contribution in [0.15, 0.2) is 41.8 Å². The van der Waals surface area contributed by atoms with Crippen molar-refractivity contribution >= 4 is 34.8 Å². The lowest BCUT2D eigenvalue weighted by atomic mass is 9.97. The Morgan fingerprint density at radius 1 is 1.14 bits per heavy atom. The molecule has 0 bridgehead atoms. The minimum atomic E-state index is -0.875. The van der Waals surface area contributed by atoms with E-state index in [1.54, 1.807) is 11.8 Å². The molecule has 1 saturated heterocycles. The normalized spacial score (nSPS) is 15.7. The summed E-state index contributed by atoms with van der Waals surface area (Å²) in [6.45, 7) is 4.56. The zero-order valence-corrected chi connectivity index (χ0v) is 16.8. The van der Waals surface area contributed by atoms with Gasteiger partial charge in [-0.25, -0.2) is 0 Å². The van der Waals surface area contributed by atoms with Crippen molar-refractivity contribution in [1.82, 2.24) is 4.90 Å². The molecule has 0 radical (unpaired) electrons. The highest BCUT2D eigenvalue weighted by Crippen LogP contribution is 2.22. The number of hydrogen-bond acceptors (Lipinski definition) is 5. The van der Waals surface area contributed by atoms with Crippen LogP contribution in [0.4, 0.5) is 5.69 Å². The molecule has 2 aromatic rings. The maximum Gasteiger partial charge on any atom is 0.309 e. The van der Waals surface area contributed by atoms with E-state index >= 15 is 0 Å². The van der Waals surface area contributed by atoms with Crippen LogP contribution in [0.5, 0.6) is 0 Å². The molecule has 28 heavy (non-hydrogen) atoms. The summed E-state index contributed by atoms with van der Waals surface area (Å²) in [5.41, 5.74) is 1.76. The Kier molecular flexibility index (Phi) is 6.46. The van der Waals surface area contributed by atoms with Gasteiger partial charge < -0.3 is 15.0 Å². The first-order valence-electron chi connectivity index (χ1n) is 9.35. The molecule has 1 aliphatic heterocycles. The van der Waals surface area contributed by atoms with Crippen LogP contribution in [0.3, 0.4) is 0 Å². The number of piperidine rings is 1. The third kappa shape index (κ3) is 4.98. The molecule has 3 rings (SSSR count).